The van der Waals surface area contributed by atoms with Crippen molar-refractivity contribution in [2.75, 3.05) is 19.7 Å². The molecule has 1 aromatic carbocycles. The smallest absolute Gasteiger partial charge is 0.310 e. The Bertz CT molecular complexity index is 844. The van der Waals surface area contributed by atoms with Gasteiger partial charge in [-0.1, -0.05) is 18.2 Å². The van der Waals surface area contributed by atoms with Gasteiger partial charge in [-0.25, -0.2) is 0 Å². The first-order chi connectivity index (χ1) is 12.6. The van der Waals surface area contributed by atoms with Gasteiger partial charge >= 0.3 is 5.97 Å². The van der Waals surface area contributed by atoms with Crippen molar-refractivity contribution in [3.8, 4) is 5.69 Å². The molecule has 0 N–H and O–H groups in total. The summed E-state index contributed by atoms with van der Waals surface area (Å²) in [5.41, 5.74) is 0.934. The molecule has 1 atom stereocenters. The third-order valence-corrected chi connectivity index (χ3v) is 4.52. The maximum absolute atomic E-state index is 12.9. The molecule has 0 aliphatic carbocycles. The standard InChI is InChI=1S/C20H22N2O4/c1-2-26-20(25)16-7-6-12-21(13-16)19(24)15-10-11-18(23)22(14-15)17-8-4-3-5-9-17/h3-5,8-11,14,16H,2,6-7,12-13H2,1H3. The zero-order chi connectivity index (χ0) is 18.5. The van der Waals surface area contributed by atoms with Gasteiger partial charge in [-0.2, -0.15) is 0 Å². The maximum Gasteiger partial charge on any atom is 0.310 e. The number of para-hydroxylation sites is 1. The van der Waals surface area contributed by atoms with Gasteiger partial charge in [0.15, 0.2) is 0 Å². The van der Waals surface area contributed by atoms with E-state index in [9.17, 15) is 14.4 Å². The summed E-state index contributed by atoms with van der Waals surface area (Å²) in [5.74, 6) is -0.712. The number of esters is 1. The van der Waals surface area contributed by atoms with E-state index in [1.54, 1.807) is 18.0 Å². The van der Waals surface area contributed by atoms with E-state index in [0.29, 0.717) is 30.9 Å². The monoisotopic (exact) mass is 354 g/mol. The zero-order valence-electron chi connectivity index (χ0n) is 14.8. The summed E-state index contributed by atoms with van der Waals surface area (Å²) >= 11 is 0. The lowest BCUT2D eigenvalue weighted by Crippen LogP contribution is -2.43. The van der Waals surface area contributed by atoms with Gasteiger partial charge in [-0.3, -0.25) is 19.0 Å². The van der Waals surface area contributed by atoms with E-state index in [4.69, 9.17) is 4.74 Å². The van der Waals surface area contributed by atoms with Crippen molar-refractivity contribution in [3.63, 3.8) is 0 Å². The number of hydrogen-bond acceptors (Lipinski definition) is 4. The summed E-state index contributed by atoms with van der Waals surface area (Å²) in [6.07, 6.45) is 3.05. The molecule has 1 fully saturated rings. The van der Waals surface area contributed by atoms with Gasteiger partial charge in [-0.05, 0) is 38.0 Å². The Hall–Kier alpha value is -2.89. The molecule has 0 bridgehead atoms. The predicted molar refractivity (Wildman–Crippen MR) is 97.3 cm³/mol. The molecule has 0 spiro atoms. The predicted octanol–water partition coefficient (Wildman–Crippen LogP) is 2.25. The van der Waals surface area contributed by atoms with E-state index in [1.807, 2.05) is 30.3 Å². The van der Waals surface area contributed by atoms with E-state index in [1.165, 1.54) is 16.7 Å². The number of piperidine rings is 1. The molecule has 0 radical (unpaired) electrons. The average Bonchev–Trinajstić information content (AvgIpc) is 2.69. The van der Waals surface area contributed by atoms with Crippen LogP contribution < -0.4 is 5.56 Å². The summed E-state index contributed by atoms with van der Waals surface area (Å²) < 4.78 is 6.54. The highest BCUT2D eigenvalue weighted by Crippen LogP contribution is 2.20. The van der Waals surface area contributed by atoms with Gasteiger partial charge in [0.05, 0.1) is 18.1 Å². The fraction of sp³-hybridized carbons (Fsp3) is 0.350. The van der Waals surface area contributed by atoms with Crippen molar-refractivity contribution < 1.29 is 14.3 Å². The minimum absolute atomic E-state index is 0.177. The van der Waals surface area contributed by atoms with Gasteiger partial charge in [0.2, 0.25) is 0 Å². The Morgan fingerprint density at radius 3 is 2.65 bits per heavy atom. The zero-order valence-corrected chi connectivity index (χ0v) is 14.8. The number of carbonyl (C=O) groups is 2. The normalized spacial score (nSPS) is 17.0. The van der Waals surface area contributed by atoms with Crippen LogP contribution in [-0.2, 0) is 9.53 Å². The number of aromatic nitrogens is 1. The van der Waals surface area contributed by atoms with E-state index in [0.717, 1.165) is 12.8 Å². The number of carbonyl (C=O) groups excluding carboxylic acids is 2. The molecule has 6 nitrogen and oxygen atoms in total. The van der Waals surface area contributed by atoms with Crippen LogP contribution in [0.15, 0.2) is 53.5 Å². The van der Waals surface area contributed by atoms with Gasteiger partial charge in [0.25, 0.3) is 11.5 Å². The van der Waals surface area contributed by atoms with Crippen LogP contribution in [0, 0.1) is 5.92 Å². The minimum Gasteiger partial charge on any atom is -0.466 e. The van der Waals surface area contributed by atoms with Crippen molar-refractivity contribution in [1.29, 1.82) is 0 Å². The van der Waals surface area contributed by atoms with Crippen molar-refractivity contribution in [2.24, 2.45) is 5.92 Å². The summed E-state index contributed by atoms with van der Waals surface area (Å²) in [5, 5.41) is 0. The van der Waals surface area contributed by atoms with Crippen LogP contribution >= 0.6 is 0 Å². The highest BCUT2D eigenvalue weighted by molar-refractivity contribution is 5.94. The molecular formula is C20H22N2O4. The van der Waals surface area contributed by atoms with Crippen molar-refractivity contribution in [2.45, 2.75) is 19.8 Å². The van der Waals surface area contributed by atoms with Crippen molar-refractivity contribution >= 4 is 11.9 Å². The van der Waals surface area contributed by atoms with Gasteiger partial charge < -0.3 is 9.64 Å². The molecule has 1 aromatic heterocycles. The fourth-order valence-corrected chi connectivity index (χ4v) is 3.20. The highest BCUT2D eigenvalue weighted by atomic mass is 16.5. The van der Waals surface area contributed by atoms with Crippen LogP contribution in [0.1, 0.15) is 30.1 Å². The minimum atomic E-state index is -0.285. The molecule has 26 heavy (non-hydrogen) atoms. The number of rotatable bonds is 4. The van der Waals surface area contributed by atoms with Crippen LogP contribution in [-0.4, -0.2) is 41.0 Å². The van der Waals surface area contributed by atoms with Gasteiger partial charge in [0, 0.05) is 31.0 Å². The van der Waals surface area contributed by atoms with E-state index in [-0.39, 0.29) is 23.4 Å². The van der Waals surface area contributed by atoms with E-state index >= 15 is 0 Å². The van der Waals surface area contributed by atoms with E-state index in [2.05, 4.69) is 0 Å². The van der Waals surface area contributed by atoms with Crippen molar-refractivity contribution in [3.05, 3.63) is 64.6 Å². The molecule has 6 heteroatoms. The molecule has 136 valence electrons. The largest absolute Gasteiger partial charge is 0.466 e. The first kappa shape index (κ1) is 17.9. The average molecular weight is 354 g/mol. The number of amides is 1. The molecule has 1 aliphatic heterocycles. The summed E-state index contributed by atoms with van der Waals surface area (Å²) in [4.78, 5) is 38.7. The highest BCUT2D eigenvalue weighted by Gasteiger charge is 2.30. The Morgan fingerprint density at radius 2 is 1.92 bits per heavy atom. The van der Waals surface area contributed by atoms with Gasteiger partial charge in [-0.15, -0.1) is 0 Å². The fourth-order valence-electron chi connectivity index (χ4n) is 3.20. The van der Waals surface area contributed by atoms with Crippen LogP contribution in [0.25, 0.3) is 5.69 Å². The second-order valence-electron chi connectivity index (χ2n) is 6.30. The molecule has 3 rings (SSSR count). The summed E-state index contributed by atoms with van der Waals surface area (Å²) in [6.45, 7) is 3.06. The SMILES string of the molecule is CCOC(=O)C1CCCN(C(=O)c2ccc(=O)n(-c3ccccc3)c2)C1. The lowest BCUT2D eigenvalue weighted by Gasteiger charge is -2.31. The number of pyridine rings is 1. The number of likely N-dealkylation sites (tertiary alicyclic amines) is 1. The van der Waals surface area contributed by atoms with Crippen LogP contribution in [0.4, 0.5) is 0 Å². The second-order valence-corrected chi connectivity index (χ2v) is 6.30. The third-order valence-electron chi connectivity index (χ3n) is 4.52. The number of benzene rings is 1. The lowest BCUT2D eigenvalue weighted by atomic mass is 9.97. The topological polar surface area (TPSA) is 68.6 Å². The first-order valence-electron chi connectivity index (χ1n) is 8.84. The Morgan fingerprint density at radius 1 is 1.15 bits per heavy atom. The number of hydrogen-bond donors (Lipinski definition) is 0. The third kappa shape index (κ3) is 3.85. The Labute approximate surface area is 152 Å². The molecule has 1 saturated heterocycles. The molecule has 1 unspecified atom stereocenters. The lowest BCUT2D eigenvalue weighted by molar-refractivity contribution is -0.149. The summed E-state index contributed by atoms with van der Waals surface area (Å²) in [7, 11) is 0. The van der Waals surface area contributed by atoms with Crippen molar-refractivity contribution in [1.82, 2.24) is 9.47 Å². The molecule has 2 heterocycles. The Balaban J connectivity index is 1.82. The molecule has 1 amide bonds. The van der Waals surface area contributed by atoms with E-state index < -0.39 is 0 Å². The second kappa shape index (κ2) is 7.99. The summed E-state index contributed by atoms with van der Waals surface area (Å²) in [6, 6.07) is 12.1. The number of ether oxygens (including phenoxy) is 1. The number of nitrogens with zero attached hydrogens (tertiary/aromatic N) is 2. The first-order valence-corrected chi connectivity index (χ1v) is 8.84. The van der Waals surface area contributed by atoms with Gasteiger partial charge in [0.1, 0.15) is 0 Å². The molecular weight excluding hydrogens is 332 g/mol. The van der Waals surface area contributed by atoms with Crippen LogP contribution in [0.3, 0.4) is 0 Å². The Kier molecular flexibility index (Phi) is 5.51. The maximum atomic E-state index is 12.9. The molecule has 2 aromatic rings. The molecule has 1 aliphatic rings. The van der Waals surface area contributed by atoms with Crippen LogP contribution in [0.2, 0.25) is 0 Å². The van der Waals surface area contributed by atoms with Crippen LogP contribution in [0.5, 0.6) is 0 Å². The quantitative estimate of drug-likeness (QED) is 0.790. The molecule has 0 saturated carbocycles.